The zero-order valence-corrected chi connectivity index (χ0v) is 12.0. The van der Waals surface area contributed by atoms with Crippen LogP contribution in [0.1, 0.15) is 13.0 Å². The summed E-state index contributed by atoms with van der Waals surface area (Å²) in [7, 11) is 0. The number of anilines is 2. The van der Waals surface area contributed by atoms with Gasteiger partial charge in [-0.05, 0) is 37.3 Å². The SMILES string of the molecule is CC(C(=O)Nc1ccc(F)c(N)c1)n1cnc2ccccc21. The first kappa shape index (κ1) is 14.1. The summed E-state index contributed by atoms with van der Waals surface area (Å²) in [6.07, 6.45) is 1.63. The highest BCUT2D eigenvalue weighted by atomic mass is 19.1. The van der Waals surface area contributed by atoms with Gasteiger partial charge in [0.1, 0.15) is 11.9 Å². The number of imidazole rings is 1. The van der Waals surface area contributed by atoms with Crippen LogP contribution in [0.15, 0.2) is 48.8 Å². The van der Waals surface area contributed by atoms with E-state index in [2.05, 4.69) is 10.3 Å². The minimum absolute atomic E-state index is 0.00136. The molecular weight excluding hydrogens is 283 g/mol. The van der Waals surface area contributed by atoms with Crippen molar-refractivity contribution in [2.75, 3.05) is 11.1 Å². The van der Waals surface area contributed by atoms with E-state index in [1.165, 1.54) is 18.2 Å². The molecule has 3 N–H and O–H groups in total. The Morgan fingerprint density at radius 1 is 1.32 bits per heavy atom. The molecule has 0 aliphatic carbocycles. The van der Waals surface area contributed by atoms with Gasteiger partial charge >= 0.3 is 0 Å². The summed E-state index contributed by atoms with van der Waals surface area (Å²) < 4.78 is 14.9. The number of rotatable bonds is 3. The van der Waals surface area contributed by atoms with Gasteiger partial charge in [-0.2, -0.15) is 0 Å². The second-order valence-corrected chi connectivity index (χ2v) is 5.04. The van der Waals surface area contributed by atoms with Crippen LogP contribution in [0, 0.1) is 5.82 Å². The number of hydrogen-bond donors (Lipinski definition) is 2. The summed E-state index contributed by atoms with van der Waals surface area (Å²) in [4.78, 5) is 16.6. The fraction of sp³-hybridized carbons (Fsp3) is 0.125. The van der Waals surface area contributed by atoms with Crippen LogP contribution in [0.3, 0.4) is 0 Å². The molecule has 0 aliphatic heterocycles. The number of benzene rings is 2. The van der Waals surface area contributed by atoms with Gasteiger partial charge in [0.05, 0.1) is 23.0 Å². The van der Waals surface area contributed by atoms with Crippen LogP contribution in [0.5, 0.6) is 0 Å². The van der Waals surface area contributed by atoms with Gasteiger partial charge in [0.25, 0.3) is 0 Å². The van der Waals surface area contributed by atoms with Crippen LogP contribution in [0.2, 0.25) is 0 Å². The number of para-hydroxylation sites is 2. The molecule has 1 heterocycles. The van der Waals surface area contributed by atoms with Crippen LogP contribution in [-0.4, -0.2) is 15.5 Å². The molecule has 0 spiro atoms. The monoisotopic (exact) mass is 298 g/mol. The molecule has 1 unspecified atom stereocenters. The third-order valence-corrected chi connectivity index (χ3v) is 3.54. The van der Waals surface area contributed by atoms with Crippen LogP contribution in [0.4, 0.5) is 15.8 Å². The van der Waals surface area contributed by atoms with Crippen molar-refractivity contribution < 1.29 is 9.18 Å². The van der Waals surface area contributed by atoms with E-state index in [-0.39, 0.29) is 11.6 Å². The van der Waals surface area contributed by atoms with E-state index in [9.17, 15) is 9.18 Å². The van der Waals surface area contributed by atoms with E-state index >= 15 is 0 Å². The molecule has 2 aromatic carbocycles. The predicted molar refractivity (Wildman–Crippen MR) is 83.9 cm³/mol. The molecule has 0 fully saturated rings. The van der Waals surface area contributed by atoms with E-state index in [1.54, 1.807) is 17.8 Å². The fourth-order valence-corrected chi connectivity index (χ4v) is 2.28. The number of nitrogens with two attached hydrogens (primary N) is 1. The molecule has 0 saturated heterocycles. The largest absolute Gasteiger partial charge is 0.396 e. The Kier molecular flexibility index (Phi) is 3.50. The number of amides is 1. The van der Waals surface area contributed by atoms with Crippen LogP contribution in [-0.2, 0) is 4.79 Å². The number of fused-ring (bicyclic) bond motifs is 1. The van der Waals surface area contributed by atoms with Crippen LogP contribution >= 0.6 is 0 Å². The Morgan fingerprint density at radius 2 is 2.09 bits per heavy atom. The average molecular weight is 298 g/mol. The summed E-state index contributed by atoms with van der Waals surface area (Å²) in [5.41, 5.74) is 7.66. The van der Waals surface area contributed by atoms with E-state index in [0.29, 0.717) is 5.69 Å². The number of nitrogen functional groups attached to an aromatic ring is 1. The third-order valence-electron chi connectivity index (χ3n) is 3.54. The first-order valence-electron chi connectivity index (χ1n) is 6.84. The number of halogens is 1. The fourth-order valence-electron chi connectivity index (χ4n) is 2.28. The lowest BCUT2D eigenvalue weighted by Gasteiger charge is -2.15. The van der Waals surface area contributed by atoms with Crippen LogP contribution < -0.4 is 11.1 Å². The maximum atomic E-state index is 13.1. The second-order valence-electron chi connectivity index (χ2n) is 5.04. The van der Waals surface area contributed by atoms with Gasteiger partial charge in [-0.15, -0.1) is 0 Å². The molecule has 1 amide bonds. The molecule has 0 saturated carbocycles. The van der Waals surface area contributed by atoms with Crippen molar-refractivity contribution >= 4 is 28.3 Å². The van der Waals surface area contributed by atoms with E-state index in [4.69, 9.17) is 5.73 Å². The first-order chi connectivity index (χ1) is 10.6. The zero-order chi connectivity index (χ0) is 15.7. The number of carbonyl (C=O) groups is 1. The molecule has 112 valence electrons. The molecule has 0 bridgehead atoms. The molecule has 1 atom stereocenters. The van der Waals surface area contributed by atoms with Crippen molar-refractivity contribution in [2.24, 2.45) is 0 Å². The smallest absolute Gasteiger partial charge is 0.247 e. The van der Waals surface area contributed by atoms with Crippen LogP contribution in [0.25, 0.3) is 11.0 Å². The highest BCUT2D eigenvalue weighted by Crippen LogP contribution is 2.20. The quantitative estimate of drug-likeness (QED) is 0.730. The van der Waals surface area contributed by atoms with Crippen molar-refractivity contribution in [2.45, 2.75) is 13.0 Å². The average Bonchev–Trinajstić information content (AvgIpc) is 2.94. The summed E-state index contributed by atoms with van der Waals surface area (Å²) in [5.74, 6) is -0.735. The highest BCUT2D eigenvalue weighted by molar-refractivity contribution is 5.94. The van der Waals surface area contributed by atoms with E-state index < -0.39 is 11.9 Å². The van der Waals surface area contributed by atoms with Crippen molar-refractivity contribution in [3.8, 4) is 0 Å². The summed E-state index contributed by atoms with van der Waals surface area (Å²) in [6.45, 7) is 1.77. The van der Waals surface area contributed by atoms with Gasteiger partial charge in [-0.1, -0.05) is 12.1 Å². The molecule has 0 radical (unpaired) electrons. The minimum Gasteiger partial charge on any atom is -0.396 e. The second kappa shape index (κ2) is 5.48. The number of hydrogen-bond acceptors (Lipinski definition) is 3. The molecule has 3 aromatic rings. The summed E-state index contributed by atoms with van der Waals surface area (Å²) in [6, 6.07) is 11.2. The third kappa shape index (κ3) is 2.50. The first-order valence-corrected chi connectivity index (χ1v) is 6.84. The van der Waals surface area contributed by atoms with E-state index in [1.807, 2.05) is 24.3 Å². The Balaban J connectivity index is 1.83. The summed E-state index contributed by atoms with van der Waals surface area (Å²) >= 11 is 0. The predicted octanol–water partition coefficient (Wildman–Crippen LogP) is 2.96. The Hall–Kier alpha value is -2.89. The Labute approximate surface area is 126 Å². The van der Waals surface area contributed by atoms with Gasteiger partial charge < -0.3 is 15.6 Å². The number of nitrogens with zero attached hydrogens (tertiary/aromatic N) is 2. The van der Waals surface area contributed by atoms with Crippen molar-refractivity contribution in [3.05, 3.63) is 54.6 Å². The maximum absolute atomic E-state index is 13.1. The molecular formula is C16H15FN4O. The minimum atomic E-state index is -0.508. The molecule has 22 heavy (non-hydrogen) atoms. The Morgan fingerprint density at radius 3 is 2.86 bits per heavy atom. The van der Waals surface area contributed by atoms with Crippen molar-refractivity contribution in [1.29, 1.82) is 0 Å². The standard InChI is InChI=1S/C16H15FN4O/c1-10(21-9-19-14-4-2-3-5-15(14)21)16(22)20-11-6-7-12(17)13(18)8-11/h2-10H,18H2,1H3,(H,20,22). The number of nitrogens with one attached hydrogen (secondary N) is 1. The number of carbonyl (C=O) groups excluding carboxylic acids is 1. The van der Waals surface area contributed by atoms with Gasteiger partial charge in [0, 0.05) is 5.69 Å². The number of aromatic nitrogens is 2. The molecule has 3 rings (SSSR count). The van der Waals surface area contributed by atoms with Crippen molar-refractivity contribution in [3.63, 3.8) is 0 Å². The zero-order valence-electron chi connectivity index (χ0n) is 12.0. The molecule has 5 nitrogen and oxygen atoms in total. The molecule has 6 heteroatoms. The van der Waals surface area contributed by atoms with Gasteiger partial charge in [-0.25, -0.2) is 9.37 Å². The summed E-state index contributed by atoms with van der Waals surface area (Å²) in [5, 5.41) is 2.73. The maximum Gasteiger partial charge on any atom is 0.247 e. The normalized spacial score (nSPS) is 12.3. The molecule has 0 aliphatic rings. The molecule has 1 aromatic heterocycles. The topological polar surface area (TPSA) is 72.9 Å². The lowest BCUT2D eigenvalue weighted by molar-refractivity contribution is -0.118. The lowest BCUT2D eigenvalue weighted by atomic mass is 10.2. The van der Waals surface area contributed by atoms with Crippen molar-refractivity contribution in [1.82, 2.24) is 9.55 Å². The van der Waals surface area contributed by atoms with Gasteiger partial charge in [-0.3, -0.25) is 4.79 Å². The highest BCUT2D eigenvalue weighted by Gasteiger charge is 2.17. The lowest BCUT2D eigenvalue weighted by Crippen LogP contribution is -2.23. The van der Waals surface area contributed by atoms with E-state index in [0.717, 1.165) is 11.0 Å². The van der Waals surface area contributed by atoms with Gasteiger partial charge in [0.2, 0.25) is 5.91 Å². The van der Waals surface area contributed by atoms with Gasteiger partial charge in [0.15, 0.2) is 0 Å². The Bertz CT molecular complexity index is 843.